The Labute approximate surface area is 97.9 Å². The first kappa shape index (κ1) is 11.6. The minimum Gasteiger partial charge on any atom is -0.307 e. The Morgan fingerprint density at radius 3 is 2.81 bits per heavy atom. The van der Waals surface area contributed by atoms with Crippen molar-refractivity contribution in [2.24, 2.45) is 0 Å². The molecule has 0 aliphatic carbocycles. The van der Waals surface area contributed by atoms with Crippen molar-refractivity contribution in [3.05, 3.63) is 30.1 Å². The van der Waals surface area contributed by atoms with Gasteiger partial charge in [0.2, 0.25) is 0 Å². The molecule has 1 saturated heterocycles. The first-order valence-corrected chi connectivity index (χ1v) is 6.10. The van der Waals surface area contributed by atoms with Crippen molar-refractivity contribution in [3.63, 3.8) is 0 Å². The Morgan fingerprint density at radius 2 is 2.19 bits per heavy atom. The molecule has 1 aromatic heterocycles. The van der Waals surface area contributed by atoms with E-state index in [1.165, 1.54) is 31.5 Å². The molecule has 2 heterocycles. The van der Waals surface area contributed by atoms with Gasteiger partial charge in [-0.1, -0.05) is 6.07 Å². The predicted molar refractivity (Wildman–Crippen MR) is 66.3 cm³/mol. The van der Waals surface area contributed by atoms with Gasteiger partial charge in [0.25, 0.3) is 0 Å². The van der Waals surface area contributed by atoms with Crippen LogP contribution in [-0.4, -0.2) is 36.1 Å². The fraction of sp³-hybridized carbons (Fsp3) is 0.615. The molecule has 0 bridgehead atoms. The molecule has 0 spiro atoms. The van der Waals surface area contributed by atoms with Crippen molar-refractivity contribution in [1.82, 2.24) is 15.2 Å². The molecule has 0 saturated carbocycles. The Hall–Kier alpha value is -0.930. The summed E-state index contributed by atoms with van der Waals surface area (Å²) >= 11 is 0. The number of nitrogens with zero attached hydrogens (tertiary/aromatic N) is 2. The Kier molecular flexibility index (Phi) is 3.91. The standard InChI is InChI=1S/C13H21N3/c1-11(12-4-3-7-14-10-12)15-13-5-8-16(2)9-6-13/h3-4,7,10-11,13,15H,5-6,8-9H2,1-2H3. The lowest BCUT2D eigenvalue weighted by Crippen LogP contribution is -2.41. The van der Waals surface area contributed by atoms with E-state index in [0.29, 0.717) is 12.1 Å². The summed E-state index contributed by atoms with van der Waals surface area (Å²) in [4.78, 5) is 6.56. The third kappa shape index (κ3) is 3.03. The highest BCUT2D eigenvalue weighted by Crippen LogP contribution is 2.15. The molecule has 3 heteroatoms. The van der Waals surface area contributed by atoms with Crippen molar-refractivity contribution in [3.8, 4) is 0 Å². The third-order valence-corrected chi connectivity index (χ3v) is 3.39. The SMILES string of the molecule is CC(NC1CCN(C)CC1)c1cccnc1. The van der Waals surface area contributed by atoms with Crippen LogP contribution in [0.3, 0.4) is 0 Å². The lowest BCUT2D eigenvalue weighted by molar-refractivity contribution is 0.226. The van der Waals surface area contributed by atoms with Crippen LogP contribution in [0.2, 0.25) is 0 Å². The van der Waals surface area contributed by atoms with Gasteiger partial charge in [-0.2, -0.15) is 0 Å². The van der Waals surface area contributed by atoms with E-state index < -0.39 is 0 Å². The molecule has 1 aromatic rings. The molecule has 1 N–H and O–H groups in total. The van der Waals surface area contributed by atoms with E-state index in [-0.39, 0.29) is 0 Å². The molecule has 2 rings (SSSR count). The van der Waals surface area contributed by atoms with Gasteiger partial charge in [0.05, 0.1) is 0 Å². The smallest absolute Gasteiger partial charge is 0.0315 e. The summed E-state index contributed by atoms with van der Waals surface area (Å²) in [6.45, 7) is 4.63. The largest absolute Gasteiger partial charge is 0.307 e. The average Bonchev–Trinajstić information content (AvgIpc) is 2.33. The number of aromatic nitrogens is 1. The third-order valence-electron chi connectivity index (χ3n) is 3.39. The molecule has 0 aromatic carbocycles. The van der Waals surface area contributed by atoms with Crippen LogP contribution < -0.4 is 5.32 Å². The normalized spacial score (nSPS) is 20.9. The molecule has 1 aliphatic rings. The minimum absolute atomic E-state index is 0.405. The quantitative estimate of drug-likeness (QED) is 0.840. The Balaban J connectivity index is 1.86. The van der Waals surface area contributed by atoms with E-state index in [0.717, 1.165) is 0 Å². The van der Waals surface area contributed by atoms with Crippen LogP contribution in [0, 0.1) is 0 Å². The number of nitrogens with one attached hydrogen (secondary N) is 1. The second-order valence-electron chi connectivity index (χ2n) is 4.75. The molecule has 1 atom stereocenters. The Morgan fingerprint density at radius 1 is 1.44 bits per heavy atom. The maximum absolute atomic E-state index is 4.16. The zero-order chi connectivity index (χ0) is 11.4. The molecular formula is C13H21N3. The van der Waals surface area contributed by atoms with Gasteiger partial charge in [0.1, 0.15) is 0 Å². The molecule has 88 valence electrons. The van der Waals surface area contributed by atoms with Crippen molar-refractivity contribution in [1.29, 1.82) is 0 Å². The van der Waals surface area contributed by atoms with E-state index >= 15 is 0 Å². The second-order valence-corrected chi connectivity index (χ2v) is 4.75. The van der Waals surface area contributed by atoms with Crippen LogP contribution in [-0.2, 0) is 0 Å². The number of pyridine rings is 1. The molecule has 1 fully saturated rings. The van der Waals surface area contributed by atoms with E-state index in [9.17, 15) is 0 Å². The van der Waals surface area contributed by atoms with E-state index in [4.69, 9.17) is 0 Å². The molecule has 0 amide bonds. The van der Waals surface area contributed by atoms with Gasteiger partial charge in [-0.15, -0.1) is 0 Å². The van der Waals surface area contributed by atoms with Gasteiger partial charge in [-0.25, -0.2) is 0 Å². The fourth-order valence-electron chi connectivity index (χ4n) is 2.26. The van der Waals surface area contributed by atoms with E-state index in [2.05, 4.69) is 35.2 Å². The monoisotopic (exact) mass is 219 g/mol. The zero-order valence-corrected chi connectivity index (χ0v) is 10.2. The zero-order valence-electron chi connectivity index (χ0n) is 10.2. The summed E-state index contributed by atoms with van der Waals surface area (Å²) in [5.41, 5.74) is 1.28. The van der Waals surface area contributed by atoms with Gasteiger partial charge in [0.15, 0.2) is 0 Å². The van der Waals surface area contributed by atoms with Crippen LogP contribution in [0.1, 0.15) is 31.4 Å². The first-order chi connectivity index (χ1) is 7.75. The lowest BCUT2D eigenvalue weighted by atomic mass is 10.0. The number of piperidine rings is 1. The summed E-state index contributed by atoms with van der Waals surface area (Å²) in [6.07, 6.45) is 6.28. The van der Waals surface area contributed by atoms with E-state index in [1.807, 2.05) is 18.5 Å². The number of rotatable bonds is 3. The van der Waals surface area contributed by atoms with Gasteiger partial charge in [-0.3, -0.25) is 4.98 Å². The number of hydrogen-bond donors (Lipinski definition) is 1. The highest BCUT2D eigenvalue weighted by Gasteiger charge is 2.18. The second kappa shape index (κ2) is 5.41. The van der Waals surface area contributed by atoms with Crippen LogP contribution in [0.25, 0.3) is 0 Å². The van der Waals surface area contributed by atoms with Gasteiger partial charge < -0.3 is 10.2 Å². The van der Waals surface area contributed by atoms with E-state index in [1.54, 1.807) is 0 Å². The minimum atomic E-state index is 0.405. The maximum Gasteiger partial charge on any atom is 0.0315 e. The van der Waals surface area contributed by atoms with Crippen molar-refractivity contribution in [2.75, 3.05) is 20.1 Å². The maximum atomic E-state index is 4.16. The van der Waals surface area contributed by atoms with Crippen LogP contribution in [0.15, 0.2) is 24.5 Å². The molecule has 16 heavy (non-hydrogen) atoms. The van der Waals surface area contributed by atoms with Crippen LogP contribution in [0.4, 0.5) is 0 Å². The summed E-state index contributed by atoms with van der Waals surface area (Å²) in [6, 6.07) is 5.20. The van der Waals surface area contributed by atoms with Gasteiger partial charge in [0, 0.05) is 24.5 Å². The number of likely N-dealkylation sites (tertiary alicyclic amines) is 1. The fourth-order valence-corrected chi connectivity index (χ4v) is 2.26. The highest BCUT2D eigenvalue weighted by molar-refractivity contribution is 5.13. The van der Waals surface area contributed by atoms with Gasteiger partial charge >= 0.3 is 0 Å². The van der Waals surface area contributed by atoms with Crippen LogP contribution in [0.5, 0.6) is 0 Å². The number of hydrogen-bond acceptors (Lipinski definition) is 3. The molecule has 1 unspecified atom stereocenters. The van der Waals surface area contributed by atoms with Crippen LogP contribution >= 0.6 is 0 Å². The Bertz CT molecular complexity index is 304. The van der Waals surface area contributed by atoms with Gasteiger partial charge in [-0.05, 0) is 51.5 Å². The van der Waals surface area contributed by atoms with Crippen molar-refractivity contribution in [2.45, 2.75) is 31.8 Å². The average molecular weight is 219 g/mol. The van der Waals surface area contributed by atoms with Crippen molar-refractivity contribution < 1.29 is 0 Å². The van der Waals surface area contributed by atoms with Crippen molar-refractivity contribution >= 4 is 0 Å². The summed E-state index contributed by atoms with van der Waals surface area (Å²) < 4.78 is 0. The summed E-state index contributed by atoms with van der Waals surface area (Å²) in [7, 11) is 2.20. The molecule has 3 nitrogen and oxygen atoms in total. The summed E-state index contributed by atoms with van der Waals surface area (Å²) in [5, 5.41) is 3.69. The molecular weight excluding hydrogens is 198 g/mol. The highest BCUT2D eigenvalue weighted by atomic mass is 15.1. The lowest BCUT2D eigenvalue weighted by Gasteiger charge is -2.31. The summed E-state index contributed by atoms with van der Waals surface area (Å²) in [5.74, 6) is 0. The molecule has 0 radical (unpaired) electrons. The topological polar surface area (TPSA) is 28.2 Å². The first-order valence-electron chi connectivity index (χ1n) is 6.10. The predicted octanol–water partition coefficient (Wildman–Crippen LogP) is 1.83. The molecule has 1 aliphatic heterocycles.